The Morgan fingerprint density at radius 2 is 1.90 bits per heavy atom. The highest BCUT2D eigenvalue weighted by Gasteiger charge is 2.15. The van der Waals surface area contributed by atoms with E-state index >= 15 is 0 Å². The number of ether oxygens (including phenoxy) is 2. The number of Topliss-reactive ketones (excluding diaryl/α,β-unsaturated/α-hetero) is 1. The van der Waals surface area contributed by atoms with Crippen molar-refractivity contribution < 1.29 is 18.7 Å². The number of hydrogen-bond donors (Lipinski definition) is 0. The van der Waals surface area contributed by atoms with E-state index in [2.05, 4.69) is 0 Å². The van der Waals surface area contributed by atoms with Crippen LogP contribution in [0.1, 0.15) is 17.3 Å². The first kappa shape index (κ1) is 15.3. The maximum Gasteiger partial charge on any atom is 0.203 e. The van der Waals surface area contributed by atoms with Crippen LogP contribution in [0, 0.1) is 5.82 Å². The summed E-state index contributed by atoms with van der Waals surface area (Å²) >= 11 is 5.84. The second-order valence-corrected chi connectivity index (χ2v) is 4.60. The summed E-state index contributed by atoms with van der Waals surface area (Å²) in [4.78, 5) is 12.2. The van der Waals surface area contributed by atoms with Crippen LogP contribution in [0.15, 0.2) is 42.5 Å². The van der Waals surface area contributed by atoms with E-state index in [0.717, 1.165) is 0 Å². The van der Waals surface area contributed by atoms with Crippen molar-refractivity contribution in [1.82, 2.24) is 0 Å². The molecule has 0 unspecified atom stereocenters. The number of rotatable bonds is 6. The van der Waals surface area contributed by atoms with Crippen molar-refractivity contribution in [2.75, 3.05) is 13.2 Å². The van der Waals surface area contributed by atoms with Gasteiger partial charge in [0.2, 0.25) is 5.78 Å². The van der Waals surface area contributed by atoms with E-state index in [4.69, 9.17) is 21.1 Å². The molecule has 3 nitrogen and oxygen atoms in total. The van der Waals surface area contributed by atoms with Gasteiger partial charge in [-0.2, -0.15) is 0 Å². The zero-order valence-corrected chi connectivity index (χ0v) is 12.2. The molecule has 0 fully saturated rings. The second kappa shape index (κ2) is 7.09. The van der Waals surface area contributed by atoms with E-state index in [1.807, 2.05) is 6.92 Å². The fraction of sp³-hybridized carbons (Fsp3) is 0.188. The largest absolute Gasteiger partial charge is 0.493 e. The van der Waals surface area contributed by atoms with Crippen LogP contribution in [0.3, 0.4) is 0 Å². The Morgan fingerprint density at radius 3 is 2.62 bits per heavy atom. The lowest BCUT2D eigenvalue weighted by molar-refractivity contribution is 0.0915. The normalized spacial score (nSPS) is 10.2. The van der Waals surface area contributed by atoms with Crippen LogP contribution in [0.5, 0.6) is 11.5 Å². The molecule has 0 aliphatic heterocycles. The monoisotopic (exact) mass is 308 g/mol. The smallest absolute Gasteiger partial charge is 0.203 e. The van der Waals surface area contributed by atoms with E-state index < -0.39 is 5.82 Å². The Morgan fingerprint density at radius 1 is 1.14 bits per heavy atom. The molecule has 0 aliphatic carbocycles. The van der Waals surface area contributed by atoms with Gasteiger partial charge in [-0.15, -0.1) is 0 Å². The van der Waals surface area contributed by atoms with Gasteiger partial charge < -0.3 is 9.47 Å². The quantitative estimate of drug-likeness (QED) is 0.752. The van der Waals surface area contributed by atoms with Gasteiger partial charge in [0, 0.05) is 0 Å². The second-order valence-electron chi connectivity index (χ2n) is 4.19. The molecule has 0 bridgehead atoms. The average Bonchev–Trinajstić information content (AvgIpc) is 2.47. The Balaban J connectivity index is 2.12. The van der Waals surface area contributed by atoms with Gasteiger partial charge in [0.15, 0.2) is 18.2 Å². The van der Waals surface area contributed by atoms with Gasteiger partial charge in [-0.25, -0.2) is 4.39 Å². The van der Waals surface area contributed by atoms with Crippen LogP contribution in [-0.4, -0.2) is 19.0 Å². The van der Waals surface area contributed by atoms with Gasteiger partial charge in [0.05, 0.1) is 17.2 Å². The Labute approximate surface area is 127 Å². The molecule has 110 valence electrons. The molecule has 0 aliphatic rings. The number of ketones is 1. The predicted molar refractivity (Wildman–Crippen MR) is 78.8 cm³/mol. The summed E-state index contributed by atoms with van der Waals surface area (Å²) in [5.74, 6) is -0.554. The summed E-state index contributed by atoms with van der Waals surface area (Å²) in [6.45, 7) is 1.96. The fourth-order valence-electron chi connectivity index (χ4n) is 1.81. The van der Waals surface area contributed by atoms with Gasteiger partial charge in [-0.3, -0.25) is 4.79 Å². The molecule has 21 heavy (non-hydrogen) atoms. The van der Waals surface area contributed by atoms with Crippen molar-refractivity contribution in [3.05, 3.63) is 58.9 Å². The number of benzene rings is 2. The molecule has 0 saturated heterocycles. The maximum absolute atomic E-state index is 13.6. The average molecular weight is 309 g/mol. The lowest BCUT2D eigenvalue weighted by Gasteiger charge is -2.11. The van der Waals surface area contributed by atoms with Crippen molar-refractivity contribution in [3.8, 4) is 11.5 Å². The van der Waals surface area contributed by atoms with Crippen molar-refractivity contribution in [2.45, 2.75) is 6.92 Å². The van der Waals surface area contributed by atoms with Crippen LogP contribution < -0.4 is 9.47 Å². The van der Waals surface area contributed by atoms with Crippen molar-refractivity contribution >= 4 is 17.4 Å². The highest BCUT2D eigenvalue weighted by molar-refractivity contribution is 6.32. The topological polar surface area (TPSA) is 35.5 Å². The minimum atomic E-state index is -0.603. The number of carbonyl (C=O) groups is 1. The van der Waals surface area contributed by atoms with Gasteiger partial charge in [0.1, 0.15) is 5.75 Å². The van der Waals surface area contributed by atoms with Gasteiger partial charge in [0.25, 0.3) is 0 Å². The molecule has 5 heteroatoms. The summed E-state index contributed by atoms with van der Waals surface area (Å²) in [6.07, 6.45) is 0. The van der Waals surface area contributed by atoms with E-state index in [-0.39, 0.29) is 23.2 Å². The van der Waals surface area contributed by atoms with Crippen LogP contribution in [-0.2, 0) is 0 Å². The molecule has 0 aromatic heterocycles. The van der Waals surface area contributed by atoms with Crippen molar-refractivity contribution in [3.63, 3.8) is 0 Å². The number of para-hydroxylation sites is 2. The molecule has 0 heterocycles. The molecule has 2 rings (SSSR count). The van der Waals surface area contributed by atoms with Gasteiger partial charge in [-0.1, -0.05) is 29.8 Å². The Bertz CT molecular complexity index is 623. The lowest BCUT2D eigenvalue weighted by atomic mass is 10.1. The minimum absolute atomic E-state index is 0.124. The minimum Gasteiger partial charge on any atom is -0.493 e. The molecular formula is C16H14ClFO3. The van der Waals surface area contributed by atoms with Crippen LogP contribution >= 0.6 is 11.6 Å². The summed E-state index contributed by atoms with van der Waals surface area (Å²) in [7, 11) is 0. The third-order valence-corrected chi connectivity index (χ3v) is 3.05. The molecule has 0 radical (unpaired) electrons. The molecule has 0 atom stereocenters. The van der Waals surface area contributed by atoms with E-state index in [9.17, 15) is 9.18 Å². The van der Waals surface area contributed by atoms with Gasteiger partial charge >= 0.3 is 0 Å². The summed E-state index contributed by atoms with van der Waals surface area (Å²) < 4.78 is 24.1. The summed E-state index contributed by atoms with van der Waals surface area (Å²) in [5.41, 5.74) is 0.395. The van der Waals surface area contributed by atoms with Crippen molar-refractivity contribution in [2.24, 2.45) is 0 Å². The van der Waals surface area contributed by atoms with Gasteiger partial charge in [-0.05, 0) is 31.2 Å². The maximum atomic E-state index is 13.6. The highest BCUT2D eigenvalue weighted by Crippen LogP contribution is 2.27. The molecular weight excluding hydrogens is 295 g/mol. The first-order valence-corrected chi connectivity index (χ1v) is 6.83. The Hall–Kier alpha value is -2.07. The first-order chi connectivity index (χ1) is 10.1. The number of halogens is 2. The van der Waals surface area contributed by atoms with Crippen LogP contribution in [0.4, 0.5) is 4.39 Å². The van der Waals surface area contributed by atoms with Crippen molar-refractivity contribution in [1.29, 1.82) is 0 Å². The third-order valence-electron chi connectivity index (χ3n) is 2.75. The van der Waals surface area contributed by atoms with E-state index in [1.165, 1.54) is 18.2 Å². The molecule has 0 spiro atoms. The fourth-order valence-corrected chi connectivity index (χ4v) is 2.03. The molecule has 2 aromatic rings. The lowest BCUT2D eigenvalue weighted by Crippen LogP contribution is -2.14. The molecule has 2 aromatic carbocycles. The SMILES string of the molecule is CCOc1ccccc1C(=O)COc1c(F)cccc1Cl. The third kappa shape index (κ3) is 3.73. The predicted octanol–water partition coefficient (Wildman–Crippen LogP) is 4.14. The standard InChI is InChI=1S/C16H14ClFO3/c1-2-20-15-9-4-3-6-11(15)14(19)10-21-16-12(17)7-5-8-13(16)18/h3-9H,2,10H2,1H3. The van der Waals surface area contributed by atoms with Crippen LogP contribution in [0.25, 0.3) is 0 Å². The summed E-state index contributed by atoms with van der Waals surface area (Å²) in [6, 6.07) is 11.0. The zero-order valence-electron chi connectivity index (χ0n) is 11.4. The molecule has 0 amide bonds. The number of hydrogen-bond acceptors (Lipinski definition) is 3. The summed E-state index contributed by atoms with van der Waals surface area (Å²) in [5, 5.41) is 0.126. The highest BCUT2D eigenvalue weighted by atomic mass is 35.5. The molecule has 0 N–H and O–H groups in total. The first-order valence-electron chi connectivity index (χ1n) is 6.45. The van der Waals surface area contributed by atoms with E-state index in [0.29, 0.717) is 17.9 Å². The van der Waals surface area contributed by atoms with E-state index in [1.54, 1.807) is 24.3 Å². The van der Waals surface area contributed by atoms with Crippen LogP contribution in [0.2, 0.25) is 5.02 Å². The molecule has 0 saturated carbocycles. The number of carbonyl (C=O) groups excluding carboxylic acids is 1. The Kier molecular flexibility index (Phi) is 5.17. The zero-order chi connectivity index (χ0) is 15.2.